The fourth-order valence-corrected chi connectivity index (χ4v) is 3.98. The molecule has 5 rings (SSSR count). The fraction of sp³-hybridized carbons (Fsp3) is 0.250. The molecule has 0 saturated heterocycles. The molecule has 1 saturated carbocycles. The first-order chi connectivity index (χ1) is 13.2. The topological polar surface area (TPSA) is 37.4 Å². The zero-order valence-electron chi connectivity index (χ0n) is 15.2. The summed E-state index contributed by atoms with van der Waals surface area (Å²) in [6, 6.07) is 20.8. The van der Waals surface area contributed by atoms with Crippen molar-refractivity contribution in [1.82, 2.24) is 0 Å². The van der Waals surface area contributed by atoms with Crippen molar-refractivity contribution in [2.24, 2.45) is 5.92 Å². The number of rotatable bonds is 3. The highest BCUT2D eigenvalue weighted by Gasteiger charge is 2.37. The zero-order valence-corrected chi connectivity index (χ0v) is 15.2. The largest absolute Gasteiger partial charge is 0.311 e. The number of nitrogens with zero attached hydrogens (tertiary/aromatic N) is 1. The van der Waals surface area contributed by atoms with E-state index in [-0.39, 0.29) is 17.6 Å². The average molecular weight is 355 g/mol. The van der Waals surface area contributed by atoms with Gasteiger partial charge in [0.05, 0.1) is 5.69 Å². The number of hydrogen-bond donors (Lipinski definition) is 0. The van der Waals surface area contributed by atoms with Crippen LogP contribution in [0.1, 0.15) is 40.7 Å². The second-order valence-electron chi connectivity index (χ2n) is 7.65. The van der Waals surface area contributed by atoms with Crippen molar-refractivity contribution in [1.29, 1.82) is 0 Å². The molecular formula is C24H21NO2. The number of carbonyl (C=O) groups is 2. The molecule has 0 atom stereocenters. The SMILES string of the molecule is O=C1CCN(C(=O)C2CC2)c2ccc(Cc3ccc4ccccc4c3)cc21. The van der Waals surface area contributed by atoms with E-state index in [1.54, 1.807) is 0 Å². The maximum absolute atomic E-state index is 12.5. The van der Waals surface area contributed by atoms with Crippen molar-refractivity contribution in [3.05, 3.63) is 77.4 Å². The summed E-state index contributed by atoms with van der Waals surface area (Å²) in [7, 11) is 0. The molecule has 1 aliphatic heterocycles. The van der Waals surface area contributed by atoms with Crippen LogP contribution in [0.15, 0.2) is 60.7 Å². The predicted molar refractivity (Wildman–Crippen MR) is 107 cm³/mol. The lowest BCUT2D eigenvalue weighted by Crippen LogP contribution is -2.38. The maximum atomic E-state index is 12.5. The molecule has 27 heavy (non-hydrogen) atoms. The highest BCUT2D eigenvalue weighted by Crippen LogP contribution is 2.36. The molecule has 1 amide bonds. The summed E-state index contributed by atoms with van der Waals surface area (Å²) >= 11 is 0. The summed E-state index contributed by atoms with van der Waals surface area (Å²) in [4.78, 5) is 26.9. The maximum Gasteiger partial charge on any atom is 0.230 e. The van der Waals surface area contributed by atoms with E-state index < -0.39 is 0 Å². The van der Waals surface area contributed by atoms with E-state index in [1.165, 1.54) is 16.3 Å². The van der Waals surface area contributed by atoms with Crippen LogP contribution in [0.25, 0.3) is 10.8 Å². The van der Waals surface area contributed by atoms with Gasteiger partial charge in [-0.05, 0) is 53.3 Å². The molecule has 0 unspecified atom stereocenters. The van der Waals surface area contributed by atoms with Gasteiger partial charge in [-0.2, -0.15) is 0 Å². The van der Waals surface area contributed by atoms with Crippen LogP contribution < -0.4 is 4.90 Å². The third kappa shape index (κ3) is 3.03. The monoisotopic (exact) mass is 355 g/mol. The van der Waals surface area contributed by atoms with Gasteiger partial charge in [0.2, 0.25) is 5.91 Å². The fourth-order valence-electron chi connectivity index (χ4n) is 3.98. The Hall–Kier alpha value is -2.94. The van der Waals surface area contributed by atoms with Gasteiger partial charge in [-0.3, -0.25) is 9.59 Å². The number of hydrogen-bond acceptors (Lipinski definition) is 2. The quantitative estimate of drug-likeness (QED) is 0.679. The summed E-state index contributed by atoms with van der Waals surface area (Å²) < 4.78 is 0. The molecule has 3 aromatic carbocycles. The third-order valence-electron chi connectivity index (χ3n) is 5.63. The number of anilines is 1. The van der Waals surface area contributed by atoms with Crippen molar-refractivity contribution in [2.75, 3.05) is 11.4 Å². The van der Waals surface area contributed by atoms with Crippen molar-refractivity contribution < 1.29 is 9.59 Å². The van der Waals surface area contributed by atoms with Crippen LogP contribution in [0.3, 0.4) is 0 Å². The Kier molecular flexibility index (Phi) is 3.82. The Bertz CT molecular complexity index is 1060. The smallest absolute Gasteiger partial charge is 0.230 e. The molecule has 1 heterocycles. The summed E-state index contributed by atoms with van der Waals surface area (Å²) in [6.07, 6.45) is 3.17. The van der Waals surface area contributed by atoms with Crippen molar-refractivity contribution in [3.63, 3.8) is 0 Å². The van der Waals surface area contributed by atoms with E-state index in [0.717, 1.165) is 30.5 Å². The number of amides is 1. The minimum absolute atomic E-state index is 0.144. The molecular weight excluding hydrogens is 334 g/mol. The molecule has 0 radical (unpaired) electrons. The standard InChI is InChI=1S/C24H21NO2/c26-23-11-12-25(24(27)19-8-9-19)22-10-6-17(15-21(22)23)13-16-5-7-18-3-1-2-4-20(18)14-16/h1-7,10,14-15,19H,8-9,11-13H2. The van der Waals surface area contributed by atoms with Crippen LogP contribution in [0.4, 0.5) is 5.69 Å². The first kappa shape index (κ1) is 16.2. The van der Waals surface area contributed by atoms with Gasteiger partial charge in [0.1, 0.15) is 0 Å². The van der Waals surface area contributed by atoms with Gasteiger partial charge in [-0.15, -0.1) is 0 Å². The van der Waals surface area contributed by atoms with Crippen LogP contribution in [-0.2, 0) is 11.2 Å². The van der Waals surface area contributed by atoms with Crippen molar-refractivity contribution in [2.45, 2.75) is 25.7 Å². The van der Waals surface area contributed by atoms with E-state index in [1.807, 2.05) is 23.1 Å². The summed E-state index contributed by atoms with van der Waals surface area (Å²) in [5, 5.41) is 2.46. The lowest BCUT2D eigenvalue weighted by molar-refractivity contribution is -0.119. The van der Waals surface area contributed by atoms with Crippen LogP contribution in [0.5, 0.6) is 0 Å². The van der Waals surface area contributed by atoms with Gasteiger partial charge in [-0.1, -0.05) is 48.5 Å². The molecule has 0 N–H and O–H groups in total. The summed E-state index contributed by atoms with van der Waals surface area (Å²) in [6.45, 7) is 0.519. The molecule has 3 nitrogen and oxygen atoms in total. The first-order valence-corrected chi connectivity index (χ1v) is 9.64. The van der Waals surface area contributed by atoms with E-state index in [2.05, 4.69) is 42.5 Å². The Morgan fingerprint density at radius 3 is 2.48 bits per heavy atom. The second kappa shape index (κ2) is 6.34. The number of benzene rings is 3. The van der Waals surface area contributed by atoms with Gasteiger partial charge >= 0.3 is 0 Å². The normalized spacial score (nSPS) is 16.4. The minimum atomic E-state index is 0.144. The number of Topliss-reactive ketones (excluding diaryl/α,β-unsaturated/α-hetero) is 1. The van der Waals surface area contributed by atoms with Gasteiger partial charge in [0, 0.05) is 24.4 Å². The molecule has 0 aromatic heterocycles. The number of fused-ring (bicyclic) bond motifs is 2. The average Bonchev–Trinajstić information content (AvgIpc) is 3.53. The molecule has 3 aromatic rings. The molecule has 134 valence electrons. The van der Waals surface area contributed by atoms with E-state index in [9.17, 15) is 9.59 Å². The Labute approximate surface area is 158 Å². The number of carbonyl (C=O) groups excluding carboxylic acids is 2. The molecule has 1 aliphatic carbocycles. The lowest BCUT2D eigenvalue weighted by Gasteiger charge is -2.29. The van der Waals surface area contributed by atoms with E-state index >= 15 is 0 Å². The third-order valence-corrected chi connectivity index (χ3v) is 5.63. The Balaban J connectivity index is 1.46. The zero-order chi connectivity index (χ0) is 18.4. The molecule has 0 bridgehead atoms. The molecule has 3 heteroatoms. The molecule has 1 fully saturated rings. The van der Waals surface area contributed by atoms with Crippen LogP contribution in [-0.4, -0.2) is 18.2 Å². The van der Waals surface area contributed by atoms with Crippen LogP contribution >= 0.6 is 0 Å². The summed E-state index contributed by atoms with van der Waals surface area (Å²) in [5.41, 5.74) is 3.83. The first-order valence-electron chi connectivity index (χ1n) is 9.64. The molecule has 2 aliphatic rings. The van der Waals surface area contributed by atoms with Crippen molar-refractivity contribution >= 4 is 28.2 Å². The van der Waals surface area contributed by atoms with Gasteiger partial charge in [-0.25, -0.2) is 0 Å². The minimum Gasteiger partial charge on any atom is -0.311 e. The highest BCUT2D eigenvalue weighted by atomic mass is 16.2. The Morgan fingerprint density at radius 2 is 1.67 bits per heavy atom. The van der Waals surface area contributed by atoms with Gasteiger partial charge < -0.3 is 4.90 Å². The van der Waals surface area contributed by atoms with Crippen LogP contribution in [0, 0.1) is 5.92 Å². The molecule has 0 spiro atoms. The van der Waals surface area contributed by atoms with Crippen LogP contribution in [0.2, 0.25) is 0 Å². The predicted octanol–water partition coefficient (Wildman–Crippen LogP) is 4.76. The Morgan fingerprint density at radius 1 is 0.926 bits per heavy atom. The van der Waals surface area contributed by atoms with Gasteiger partial charge in [0.25, 0.3) is 0 Å². The summed E-state index contributed by atoms with van der Waals surface area (Å²) in [5.74, 6) is 0.500. The second-order valence-corrected chi connectivity index (χ2v) is 7.65. The van der Waals surface area contributed by atoms with Crippen molar-refractivity contribution in [3.8, 4) is 0 Å². The van der Waals surface area contributed by atoms with Gasteiger partial charge in [0.15, 0.2) is 5.78 Å². The number of ketones is 1. The highest BCUT2D eigenvalue weighted by molar-refractivity contribution is 6.09. The lowest BCUT2D eigenvalue weighted by atomic mass is 9.94. The van der Waals surface area contributed by atoms with E-state index in [4.69, 9.17) is 0 Å². The van der Waals surface area contributed by atoms with E-state index in [0.29, 0.717) is 18.5 Å².